The molecule has 4 rings (SSSR count). The van der Waals surface area contributed by atoms with Crippen molar-refractivity contribution < 1.29 is 18.6 Å². The maximum atomic E-state index is 12.1. The molecule has 0 fully saturated rings. The molecule has 1 N–H and O–H groups in total. The van der Waals surface area contributed by atoms with E-state index < -0.39 is 0 Å². The van der Waals surface area contributed by atoms with E-state index in [4.69, 9.17) is 13.8 Å². The van der Waals surface area contributed by atoms with Crippen LogP contribution in [-0.2, 0) is 17.6 Å². The van der Waals surface area contributed by atoms with Crippen molar-refractivity contribution >= 4 is 5.91 Å². The zero-order valence-corrected chi connectivity index (χ0v) is 16.9. The molecular weight excluding hydrogens is 398 g/mol. The third kappa shape index (κ3) is 5.13. The van der Waals surface area contributed by atoms with Gasteiger partial charge < -0.3 is 19.1 Å². The van der Waals surface area contributed by atoms with Gasteiger partial charge in [0.2, 0.25) is 17.6 Å². The summed E-state index contributed by atoms with van der Waals surface area (Å²) in [4.78, 5) is 20.8. The van der Waals surface area contributed by atoms with Crippen molar-refractivity contribution in [3.8, 4) is 28.6 Å². The molecule has 0 radical (unpaired) electrons. The van der Waals surface area contributed by atoms with Crippen LogP contribution in [0, 0.1) is 0 Å². The first-order valence-electron chi connectivity index (χ1n) is 9.83. The first-order chi connectivity index (χ1) is 15.2. The number of methoxy groups -OCH3 is 1. The highest BCUT2D eigenvalue weighted by molar-refractivity contribution is 5.76. The molecule has 0 aliphatic carbocycles. The molecule has 0 spiro atoms. The first-order valence-corrected chi connectivity index (χ1v) is 9.83. The number of aromatic nitrogens is 4. The highest BCUT2D eigenvalue weighted by Gasteiger charge is 2.14. The van der Waals surface area contributed by atoms with Gasteiger partial charge in [-0.3, -0.25) is 4.79 Å². The number of nitrogens with zero attached hydrogens (tertiary/aromatic N) is 4. The largest absolute Gasteiger partial charge is 0.496 e. The van der Waals surface area contributed by atoms with Crippen molar-refractivity contribution in [3.05, 3.63) is 66.3 Å². The maximum Gasteiger partial charge on any atom is 0.257 e. The van der Waals surface area contributed by atoms with E-state index in [1.54, 1.807) is 7.11 Å². The molecule has 0 aliphatic heterocycles. The van der Waals surface area contributed by atoms with Gasteiger partial charge in [-0.15, -0.1) is 0 Å². The minimum Gasteiger partial charge on any atom is -0.496 e. The molecular formula is C22H21N5O4. The Kier molecular flexibility index (Phi) is 6.32. The highest BCUT2D eigenvalue weighted by atomic mass is 16.5. The highest BCUT2D eigenvalue weighted by Crippen LogP contribution is 2.27. The Hall–Kier alpha value is -4.01. The van der Waals surface area contributed by atoms with Gasteiger partial charge >= 0.3 is 0 Å². The minimum absolute atomic E-state index is 0.121. The van der Waals surface area contributed by atoms with Gasteiger partial charge in [0.25, 0.3) is 5.89 Å². The van der Waals surface area contributed by atoms with E-state index in [2.05, 4.69) is 25.6 Å². The SMILES string of the molecule is COc1ccccc1-c1noc(CCC(=O)NCCc2noc(-c3ccccc3)n2)n1. The summed E-state index contributed by atoms with van der Waals surface area (Å²) in [5.74, 6) is 2.36. The van der Waals surface area contributed by atoms with E-state index in [0.29, 0.717) is 48.6 Å². The fraction of sp³-hybridized carbons (Fsp3) is 0.227. The fourth-order valence-electron chi connectivity index (χ4n) is 2.97. The number of aryl methyl sites for hydroxylation is 1. The normalized spacial score (nSPS) is 10.7. The summed E-state index contributed by atoms with van der Waals surface area (Å²) in [5, 5.41) is 10.8. The summed E-state index contributed by atoms with van der Waals surface area (Å²) in [5.41, 5.74) is 1.59. The molecule has 0 bridgehead atoms. The Morgan fingerprint density at radius 3 is 2.61 bits per heavy atom. The number of nitrogens with one attached hydrogen (secondary N) is 1. The topological polar surface area (TPSA) is 116 Å². The zero-order valence-electron chi connectivity index (χ0n) is 16.9. The molecule has 2 heterocycles. The van der Waals surface area contributed by atoms with Crippen molar-refractivity contribution in [3.63, 3.8) is 0 Å². The van der Waals surface area contributed by atoms with Crippen molar-refractivity contribution in [1.29, 1.82) is 0 Å². The third-order valence-corrected chi connectivity index (χ3v) is 4.54. The first kappa shape index (κ1) is 20.3. The van der Waals surface area contributed by atoms with Crippen LogP contribution in [0.4, 0.5) is 0 Å². The smallest absolute Gasteiger partial charge is 0.257 e. The van der Waals surface area contributed by atoms with Crippen LogP contribution in [0.25, 0.3) is 22.8 Å². The van der Waals surface area contributed by atoms with Crippen LogP contribution in [0.2, 0.25) is 0 Å². The molecule has 0 saturated carbocycles. The molecule has 0 aliphatic rings. The monoisotopic (exact) mass is 419 g/mol. The minimum atomic E-state index is -0.121. The number of benzene rings is 2. The van der Waals surface area contributed by atoms with E-state index in [1.165, 1.54) is 0 Å². The second-order valence-corrected chi connectivity index (χ2v) is 6.69. The van der Waals surface area contributed by atoms with Crippen molar-refractivity contribution in [1.82, 2.24) is 25.6 Å². The van der Waals surface area contributed by atoms with Gasteiger partial charge in [-0.25, -0.2) is 0 Å². The molecule has 31 heavy (non-hydrogen) atoms. The molecule has 4 aromatic rings. The maximum absolute atomic E-state index is 12.1. The number of carbonyl (C=O) groups is 1. The predicted molar refractivity (Wildman–Crippen MR) is 111 cm³/mol. The van der Waals surface area contributed by atoms with Crippen LogP contribution < -0.4 is 10.1 Å². The number of rotatable bonds is 9. The Labute approximate surface area is 178 Å². The summed E-state index contributed by atoms with van der Waals surface area (Å²) in [6.45, 7) is 0.406. The lowest BCUT2D eigenvalue weighted by molar-refractivity contribution is -0.121. The molecule has 0 atom stereocenters. The second-order valence-electron chi connectivity index (χ2n) is 6.69. The molecule has 158 valence electrons. The Balaban J connectivity index is 1.23. The van der Waals surface area contributed by atoms with Crippen molar-refractivity contribution in [2.45, 2.75) is 19.3 Å². The van der Waals surface area contributed by atoms with Gasteiger partial charge in [-0.1, -0.05) is 40.6 Å². The van der Waals surface area contributed by atoms with Gasteiger partial charge in [0.05, 0.1) is 12.7 Å². The van der Waals surface area contributed by atoms with Crippen molar-refractivity contribution in [2.75, 3.05) is 13.7 Å². The summed E-state index contributed by atoms with van der Waals surface area (Å²) in [7, 11) is 1.58. The van der Waals surface area contributed by atoms with Crippen LogP contribution in [0.3, 0.4) is 0 Å². The lowest BCUT2D eigenvalue weighted by Gasteiger charge is -2.03. The second kappa shape index (κ2) is 9.66. The molecule has 9 heteroatoms. The number of hydrogen-bond acceptors (Lipinski definition) is 8. The standard InChI is InChI=1S/C22H21N5O4/c1-29-17-10-6-5-9-16(17)21-25-20(30-27-21)12-11-19(28)23-14-13-18-24-22(31-26-18)15-7-3-2-4-8-15/h2-10H,11-14H2,1H3,(H,23,28). The Morgan fingerprint density at radius 2 is 1.77 bits per heavy atom. The van der Waals surface area contributed by atoms with E-state index in [-0.39, 0.29) is 12.3 Å². The van der Waals surface area contributed by atoms with Crippen LogP contribution >= 0.6 is 0 Å². The van der Waals surface area contributed by atoms with Crippen LogP contribution in [0.1, 0.15) is 18.1 Å². The van der Waals surface area contributed by atoms with Gasteiger partial charge in [0.15, 0.2) is 5.82 Å². The average molecular weight is 419 g/mol. The average Bonchev–Trinajstić information content (AvgIpc) is 3.48. The number of hydrogen-bond donors (Lipinski definition) is 1. The fourth-order valence-corrected chi connectivity index (χ4v) is 2.97. The Morgan fingerprint density at radius 1 is 0.968 bits per heavy atom. The number of carbonyl (C=O) groups excluding carboxylic acids is 1. The zero-order chi connectivity index (χ0) is 21.5. The molecule has 0 unspecified atom stereocenters. The van der Waals surface area contributed by atoms with Gasteiger partial charge in [-0.05, 0) is 24.3 Å². The summed E-state index contributed by atoms with van der Waals surface area (Å²) in [6, 6.07) is 16.9. The van der Waals surface area contributed by atoms with E-state index in [9.17, 15) is 4.79 Å². The summed E-state index contributed by atoms with van der Waals surface area (Å²) < 4.78 is 15.8. The van der Waals surface area contributed by atoms with Crippen LogP contribution in [0.5, 0.6) is 5.75 Å². The van der Waals surface area contributed by atoms with Gasteiger partial charge in [0.1, 0.15) is 5.75 Å². The van der Waals surface area contributed by atoms with E-state index >= 15 is 0 Å². The van der Waals surface area contributed by atoms with Crippen molar-refractivity contribution in [2.24, 2.45) is 0 Å². The third-order valence-electron chi connectivity index (χ3n) is 4.54. The van der Waals surface area contributed by atoms with Crippen LogP contribution in [0.15, 0.2) is 63.6 Å². The molecule has 9 nitrogen and oxygen atoms in total. The Bertz CT molecular complexity index is 1140. The lowest BCUT2D eigenvalue weighted by atomic mass is 10.2. The molecule has 0 saturated heterocycles. The number of ether oxygens (including phenoxy) is 1. The van der Waals surface area contributed by atoms with E-state index in [1.807, 2.05) is 54.6 Å². The summed E-state index contributed by atoms with van der Waals surface area (Å²) >= 11 is 0. The van der Waals surface area contributed by atoms with Crippen LogP contribution in [-0.4, -0.2) is 39.8 Å². The molecule has 1 amide bonds. The summed E-state index contributed by atoms with van der Waals surface area (Å²) in [6.07, 6.45) is 1.05. The molecule has 2 aromatic carbocycles. The van der Waals surface area contributed by atoms with Gasteiger partial charge in [0, 0.05) is 31.4 Å². The predicted octanol–water partition coefficient (Wildman–Crippen LogP) is 3.09. The quantitative estimate of drug-likeness (QED) is 0.440. The number of amides is 1. The number of para-hydroxylation sites is 1. The lowest BCUT2D eigenvalue weighted by Crippen LogP contribution is -2.26. The van der Waals surface area contributed by atoms with E-state index in [0.717, 1.165) is 11.1 Å². The molecule has 2 aromatic heterocycles. The van der Waals surface area contributed by atoms with Gasteiger partial charge in [-0.2, -0.15) is 9.97 Å².